The Morgan fingerprint density at radius 1 is 1.29 bits per heavy atom. The molecule has 1 aliphatic heterocycles. The Morgan fingerprint density at radius 3 is 2.75 bits per heavy atom. The highest BCUT2D eigenvalue weighted by molar-refractivity contribution is 6.03. The zero-order valence-corrected chi connectivity index (χ0v) is 13.4. The third-order valence-electron chi connectivity index (χ3n) is 4.01. The molecule has 0 saturated carbocycles. The number of amides is 2. The van der Waals surface area contributed by atoms with Crippen LogP contribution in [0.25, 0.3) is 0 Å². The van der Waals surface area contributed by atoms with Gasteiger partial charge in [-0.1, -0.05) is 24.2 Å². The van der Waals surface area contributed by atoms with Gasteiger partial charge < -0.3 is 4.52 Å². The minimum absolute atomic E-state index is 0.0325. The quantitative estimate of drug-likeness (QED) is 0.759. The Hall–Kier alpha value is -2.57. The van der Waals surface area contributed by atoms with E-state index in [4.69, 9.17) is 4.52 Å². The van der Waals surface area contributed by atoms with Gasteiger partial charge in [0, 0.05) is 12.8 Å². The van der Waals surface area contributed by atoms with E-state index in [9.17, 15) is 14.0 Å². The van der Waals surface area contributed by atoms with Gasteiger partial charge in [0.25, 0.3) is 0 Å². The minimum atomic E-state index is -0.426. The molecular weight excluding hydrogens is 313 g/mol. The highest BCUT2D eigenvalue weighted by Crippen LogP contribution is 2.25. The first-order valence-corrected chi connectivity index (χ1v) is 7.97. The van der Waals surface area contributed by atoms with Crippen molar-refractivity contribution < 1.29 is 18.5 Å². The van der Waals surface area contributed by atoms with Gasteiger partial charge in [-0.05, 0) is 30.5 Å². The summed E-state index contributed by atoms with van der Waals surface area (Å²) in [6.07, 6.45) is 2.11. The van der Waals surface area contributed by atoms with Crippen molar-refractivity contribution in [3.05, 3.63) is 47.4 Å². The summed E-state index contributed by atoms with van der Waals surface area (Å²) in [5.41, 5.74) is 0.828. The van der Waals surface area contributed by atoms with Gasteiger partial charge in [-0.25, -0.2) is 4.39 Å². The van der Waals surface area contributed by atoms with Gasteiger partial charge in [-0.15, -0.1) is 0 Å². The van der Waals surface area contributed by atoms with E-state index in [1.54, 1.807) is 12.1 Å². The van der Waals surface area contributed by atoms with Crippen molar-refractivity contribution in [1.82, 2.24) is 15.0 Å². The lowest BCUT2D eigenvalue weighted by Gasteiger charge is -2.12. The summed E-state index contributed by atoms with van der Waals surface area (Å²) in [5.74, 6) is -0.392. The largest absolute Gasteiger partial charge is 0.339 e. The van der Waals surface area contributed by atoms with Gasteiger partial charge in [0.05, 0.1) is 12.5 Å². The fraction of sp³-hybridized carbons (Fsp3) is 0.412. The molecular formula is C17H18FN3O3. The molecule has 0 radical (unpaired) electrons. The van der Waals surface area contributed by atoms with Crippen molar-refractivity contribution >= 4 is 11.8 Å². The van der Waals surface area contributed by atoms with E-state index >= 15 is 0 Å². The zero-order chi connectivity index (χ0) is 17.1. The summed E-state index contributed by atoms with van der Waals surface area (Å²) in [6, 6.07) is 5.96. The molecule has 1 aliphatic rings. The van der Waals surface area contributed by atoms with E-state index in [1.165, 1.54) is 17.0 Å². The molecule has 24 heavy (non-hydrogen) atoms. The van der Waals surface area contributed by atoms with Crippen LogP contribution in [-0.4, -0.2) is 26.9 Å². The van der Waals surface area contributed by atoms with Gasteiger partial charge in [-0.2, -0.15) is 4.98 Å². The van der Waals surface area contributed by atoms with Gasteiger partial charge >= 0.3 is 0 Å². The van der Waals surface area contributed by atoms with Gasteiger partial charge in [0.15, 0.2) is 5.82 Å². The van der Waals surface area contributed by atoms with E-state index in [1.807, 2.05) is 6.92 Å². The first-order valence-electron chi connectivity index (χ1n) is 7.97. The maximum absolute atomic E-state index is 12.9. The molecule has 2 aromatic rings. The van der Waals surface area contributed by atoms with E-state index < -0.39 is 5.92 Å². The molecule has 1 saturated heterocycles. The molecule has 0 spiro atoms. The number of rotatable bonds is 6. The molecule has 7 heteroatoms. The maximum atomic E-state index is 12.9. The summed E-state index contributed by atoms with van der Waals surface area (Å²) in [6.45, 7) is 2.03. The van der Waals surface area contributed by atoms with Crippen LogP contribution in [0.15, 0.2) is 28.8 Å². The Bertz CT molecular complexity index is 742. The molecule has 3 rings (SSSR count). The monoisotopic (exact) mass is 331 g/mol. The van der Waals surface area contributed by atoms with Crippen molar-refractivity contribution in [3.8, 4) is 0 Å². The highest BCUT2D eigenvalue weighted by atomic mass is 19.1. The average molecular weight is 331 g/mol. The lowest BCUT2D eigenvalue weighted by molar-refractivity contribution is -0.140. The number of carbonyl (C=O) groups excluding carboxylic acids is 2. The topological polar surface area (TPSA) is 76.3 Å². The second-order valence-electron chi connectivity index (χ2n) is 5.90. The second kappa shape index (κ2) is 6.90. The molecule has 0 bridgehead atoms. The van der Waals surface area contributed by atoms with Crippen LogP contribution in [0.5, 0.6) is 0 Å². The van der Waals surface area contributed by atoms with Crippen molar-refractivity contribution in [3.63, 3.8) is 0 Å². The number of hydrogen-bond donors (Lipinski definition) is 0. The molecule has 1 fully saturated rings. The average Bonchev–Trinajstić information content (AvgIpc) is 3.10. The summed E-state index contributed by atoms with van der Waals surface area (Å²) in [7, 11) is 0. The third-order valence-corrected chi connectivity index (χ3v) is 4.01. The Labute approximate surface area is 138 Å². The van der Waals surface area contributed by atoms with Crippen molar-refractivity contribution in [2.45, 2.75) is 39.2 Å². The predicted octanol–water partition coefficient (Wildman–Crippen LogP) is 2.28. The van der Waals surface area contributed by atoms with E-state index in [0.29, 0.717) is 24.6 Å². The summed E-state index contributed by atoms with van der Waals surface area (Å²) >= 11 is 0. The van der Waals surface area contributed by atoms with Crippen LogP contribution in [-0.2, 0) is 29.0 Å². The van der Waals surface area contributed by atoms with Gasteiger partial charge in [0.2, 0.25) is 17.7 Å². The number of nitrogens with zero attached hydrogens (tertiary/aromatic N) is 3. The molecule has 2 amide bonds. The number of halogens is 1. The second-order valence-corrected chi connectivity index (χ2v) is 5.90. The molecule has 1 unspecified atom stereocenters. The maximum Gasteiger partial charge on any atom is 0.233 e. The SMILES string of the molecule is CCCc1nc(CN2C(=O)CC(Cc3ccc(F)cc3)C2=O)no1. The number of carbonyl (C=O) groups is 2. The lowest BCUT2D eigenvalue weighted by atomic mass is 9.98. The molecule has 0 aliphatic carbocycles. The number of benzene rings is 1. The lowest BCUT2D eigenvalue weighted by Crippen LogP contribution is -2.31. The van der Waals surface area contributed by atoms with E-state index in [2.05, 4.69) is 10.1 Å². The van der Waals surface area contributed by atoms with Crippen LogP contribution >= 0.6 is 0 Å². The third kappa shape index (κ3) is 3.50. The highest BCUT2D eigenvalue weighted by Gasteiger charge is 2.39. The molecule has 6 nitrogen and oxygen atoms in total. The number of likely N-dealkylation sites (tertiary alicyclic amines) is 1. The van der Waals surface area contributed by atoms with Crippen LogP contribution in [0.2, 0.25) is 0 Å². The zero-order valence-electron chi connectivity index (χ0n) is 13.4. The molecule has 1 aromatic heterocycles. The van der Waals surface area contributed by atoms with Crippen LogP contribution in [0.4, 0.5) is 4.39 Å². The molecule has 2 heterocycles. The summed E-state index contributed by atoms with van der Waals surface area (Å²) in [4.78, 5) is 30.0. The Morgan fingerprint density at radius 2 is 2.04 bits per heavy atom. The number of imide groups is 1. The van der Waals surface area contributed by atoms with Crippen LogP contribution in [0, 0.1) is 11.7 Å². The molecule has 0 N–H and O–H groups in total. The predicted molar refractivity (Wildman–Crippen MR) is 82.1 cm³/mol. The van der Waals surface area contributed by atoms with E-state index in [-0.39, 0.29) is 30.6 Å². The van der Waals surface area contributed by atoms with Crippen molar-refractivity contribution in [2.24, 2.45) is 5.92 Å². The van der Waals surface area contributed by atoms with Crippen molar-refractivity contribution in [1.29, 1.82) is 0 Å². The first kappa shape index (κ1) is 16.3. The van der Waals surface area contributed by atoms with Gasteiger partial charge in [-0.3, -0.25) is 14.5 Å². The first-order chi connectivity index (χ1) is 11.6. The smallest absolute Gasteiger partial charge is 0.233 e. The molecule has 126 valence electrons. The molecule has 1 atom stereocenters. The van der Waals surface area contributed by atoms with Crippen molar-refractivity contribution in [2.75, 3.05) is 0 Å². The summed E-state index contributed by atoms with van der Waals surface area (Å²) < 4.78 is 18.0. The standard InChI is InChI=1S/C17H18FN3O3/c1-2-3-15-19-14(20-24-15)10-21-16(22)9-12(17(21)23)8-11-4-6-13(18)7-5-11/h4-7,12H,2-3,8-10H2,1H3. The number of hydrogen-bond acceptors (Lipinski definition) is 5. The summed E-state index contributed by atoms with van der Waals surface area (Å²) in [5, 5.41) is 3.81. The Balaban J connectivity index is 1.65. The van der Waals surface area contributed by atoms with E-state index in [0.717, 1.165) is 12.0 Å². The minimum Gasteiger partial charge on any atom is -0.339 e. The fourth-order valence-corrected chi connectivity index (χ4v) is 2.79. The molecule has 1 aromatic carbocycles. The van der Waals surface area contributed by atoms with Crippen LogP contribution in [0.3, 0.4) is 0 Å². The number of aryl methyl sites for hydroxylation is 1. The Kier molecular flexibility index (Phi) is 4.69. The van der Waals surface area contributed by atoms with Crippen LogP contribution in [0.1, 0.15) is 37.0 Å². The number of aromatic nitrogens is 2. The van der Waals surface area contributed by atoms with Gasteiger partial charge in [0.1, 0.15) is 5.82 Å². The fourth-order valence-electron chi connectivity index (χ4n) is 2.79. The van der Waals surface area contributed by atoms with Crippen LogP contribution < -0.4 is 0 Å². The normalized spacial score (nSPS) is 17.8.